The highest BCUT2D eigenvalue weighted by Gasteiger charge is 2.22. The van der Waals surface area contributed by atoms with E-state index in [9.17, 15) is 9.90 Å². The summed E-state index contributed by atoms with van der Waals surface area (Å²) in [6.07, 6.45) is 0.598. The SMILES string of the molecule is Cc1cc(O)c(C2=Nc3ccccc3SC(C)C2)c(=O)o1. The van der Waals surface area contributed by atoms with Crippen LogP contribution in [0.4, 0.5) is 5.69 Å². The Labute approximate surface area is 126 Å². The Morgan fingerprint density at radius 1 is 1.38 bits per heavy atom. The van der Waals surface area contributed by atoms with Crippen LogP contribution in [0, 0.1) is 6.92 Å². The van der Waals surface area contributed by atoms with Gasteiger partial charge >= 0.3 is 5.63 Å². The predicted molar refractivity (Wildman–Crippen MR) is 84.0 cm³/mol. The third kappa shape index (κ3) is 2.74. The van der Waals surface area contributed by atoms with Crippen molar-refractivity contribution in [3.05, 3.63) is 52.1 Å². The molecule has 1 N–H and O–H groups in total. The summed E-state index contributed by atoms with van der Waals surface area (Å²) in [5, 5.41) is 10.4. The molecular formula is C16H15NO3S. The standard InChI is InChI=1S/C16H15NO3S/c1-9-7-13(18)15(16(19)20-9)12-8-10(2)21-14-6-4-3-5-11(14)17-12/h3-7,10,18H,8H2,1-2H3. The van der Waals surface area contributed by atoms with E-state index in [1.165, 1.54) is 6.07 Å². The number of thioether (sulfide) groups is 1. The van der Waals surface area contributed by atoms with Gasteiger partial charge in [0.15, 0.2) is 0 Å². The average molecular weight is 301 g/mol. The highest BCUT2D eigenvalue weighted by Crippen LogP contribution is 2.38. The molecule has 2 heterocycles. The summed E-state index contributed by atoms with van der Waals surface area (Å²) in [6.45, 7) is 3.71. The Bertz CT molecular complexity index is 779. The molecular weight excluding hydrogens is 286 g/mol. The number of para-hydroxylation sites is 1. The summed E-state index contributed by atoms with van der Waals surface area (Å²) in [4.78, 5) is 17.7. The van der Waals surface area contributed by atoms with Gasteiger partial charge in [0, 0.05) is 22.6 Å². The Balaban J connectivity index is 2.19. The minimum absolute atomic E-state index is 0.0703. The summed E-state index contributed by atoms with van der Waals surface area (Å²) in [6, 6.07) is 9.26. The Kier molecular flexibility index (Phi) is 3.59. The first-order valence-corrected chi connectivity index (χ1v) is 7.60. The second-order valence-electron chi connectivity index (χ2n) is 5.06. The number of rotatable bonds is 1. The van der Waals surface area contributed by atoms with Crippen LogP contribution in [0.3, 0.4) is 0 Å². The lowest BCUT2D eigenvalue weighted by Gasteiger charge is -2.09. The van der Waals surface area contributed by atoms with E-state index in [1.807, 2.05) is 24.3 Å². The molecule has 0 spiro atoms. The van der Waals surface area contributed by atoms with Gasteiger partial charge in [-0.1, -0.05) is 19.1 Å². The van der Waals surface area contributed by atoms with E-state index in [4.69, 9.17) is 4.42 Å². The Morgan fingerprint density at radius 2 is 2.14 bits per heavy atom. The number of aliphatic imine (C=N–C) groups is 1. The smallest absolute Gasteiger partial charge is 0.348 e. The van der Waals surface area contributed by atoms with Gasteiger partial charge in [-0.3, -0.25) is 4.99 Å². The summed E-state index contributed by atoms with van der Waals surface area (Å²) < 4.78 is 5.10. The number of hydrogen-bond acceptors (Lipinski definition) is 5. The quantitative estimate of drug-likeness (QED) is 0.873. The molecule has 3 rings (SSSR count). The molecule has 1 aliphatic heterocycles. The average Bonchev–Trinajstić information content (AvgIpc) is 2.55. The molecule has 0 saturated heterocycles. The lowest BCUT2D eigenvalue weighted by molar-refractivity contribution is 0.432. The second kappa shape index (κ2) is 5.41. The molecule has 2 aromatic rings. The minimum Gasteiger partial charge on any atom is -0.507 e. The molecule has 0 radical (unpaired) electrons. The predicted octanol–water partition coefficient (Wildman–Crippen LogP) is 3.66. The van der Waals surface area contributed by atoms with E-state index in [0.717, 1.165) is 10.6 Å². The van der Waals surface area contributed by atoms with Crippen LogP contribution in [0.2, 0.25) is 0 Å². The van der Waals surface area contributed by atoms with Gasteiger partial charge in [-0.25, -0.2) is 4.79 Å². The van der Waals surface area contributed by atoms with E-state index < -0.39 is 5.63 Å². The first-order chi connectivity index (χ1) is 10.0. The molecule has 1 aliphatic rings. The second-order valence-corrected chi connectivity index (χ2v) is 6.54. The molecule has 108 valence electrons. The highest BCUT2D eigenvalue weighted by atomic mass is 32.2. The van der Waals surface area contributed by atoms with Crippen molar-refractivity contribution < 1.29 is 9.52 Å². The van der Waals surface area contributed by atoms with Crippen LogP contribution in [-0.4, -0.2) is 16.1 Å². The van der Waals surface area contributed by atoms with Gasteiger partial charge in [0.25, 0.3) is 0 Å². The van der Waals surface area contributed by atoms with E-state index >= 15 is 0 Å². The maximum atomic E-state index is 12.1. The number of benzene rings is 1. The van der Waals surface area contributed by atoms with Crippen molar-refractivity contribution in [2.24, 2.45) is 4.99 Å². The lowest BCUT2D eigenvalue weighted by atomic mass is 10.1. The normalized spacial score (nSPS) is 17.8. The largest absolute Gasteiger partial charge is 0.507 e. The summed E-state index contributed by atoms with van der Waals surface area (Å²) in [5.74, 6) is 0.317. The first kappa shape index (κ1) is 13.9. The summed E-state index contributed by atoms with van der Waals surface area (Å²) in [7, 11) is 0. The molecule has 1 unspecified atom stereocenters. The van der Waals surface area contributed by atoms with E-state index in [2.05, 4.69) is 11.9 Å². The van der Waals surface area contributed by atoms with Crippen LogP contribution in [0.15, 0.2) is 49.4 Å². The van der Waals surface area contributed by atoms with Crippen molar-refractivity contribution in [1.29, 1.82) is 0 Å². The van der Waals surface area contributed by atoms with Gasteiger partial charge < -0.3 is 9.52 Å². The van der Waals surface area contributed by atoms with Crippen LogP contribution in [-0.2, 0) is 0 Å². The Hall–Kier alpha value is -2.01. The van der Waals surface area contributed by atoms with Crippen LogP contribution < -0.4 is 5.63 Å². The number of nitrogens with zero attached hydrogens (tertiary/aromatic N) is 1. The minimum atomic E-state index is -0.539. The van der Waals surface area contributed by atoms with Crippen LogP contribution in [0.25, 0.3) is 0 Å². The molecule has 0 fully saturated rings. The Morgan fingerprint density at radius 3 is 2.90 bits per heavy atom. The molecule has 0 saturated carbocycles. The van der Waals surface area contributed by atoms with Crippen LogP contribution in [0.5, 0.6) is 5.75 Å². The number of hydrogen-bond donors (Lipinski definition) is 1. The summed E-state index contributed by atoms with van der Waals surface area (Å²) in [5.41, 5.74) is 1.03. The molecule has 0 bridgehead atoms. The van der Waals surface area contributed by atoms with Crippen molar-refractivity contribution in [1.82, 2.24) is 0 Å². The third-order valence-electron chi connectivity index (χ3n) is 3.27. The first-order valence-electron chi connectivity index (χ1n) is 6.72. The fourth-order valence-corrected chi connectivity index (χ4v) is 3.46. The van der Waals surface area contributed by atoms with Gasteiger partial charge in [-0.15, -0.1) is 11.8 Å². The fraction of sp³-hybridized carbons (Fsp3) is 0.250. The number of aryl methyl sites for hydroxylation is 1. The van der Waals surface area contributed by atoms with Gasteiger partial charge in [-0.2, -0.15) is 0 Å². The molecule has 0 amide bonds. The molecule has 5 heteroatoms. The van der Waals surface area contributed by atoms with Crippen molar-refractivity contribution in [2.75, 3.05) is 0 Å². The maximum Gasteiger partial charge on any atom is 0.348 e. The van der Waals surface area contributed by atoms with Crippen molar-refractivity contribution in [3.8, 4) is 5.75 Å². The van der Waals surface area contributed by atoms with Gasteiger partial charge in [0.2, 0.25) is 0 Å². The zero-order valence-electron chi connectivity index (χ0n) is 11.8. The molecule has 1 aromatic carbocycles. The topological polar surface area (TPSA) is 62.8 Å². The zero-order chi connectivity index (χ0) is 15.0. The number of aromatic hydroxyl groups is 1. The van der Waals surface area contributed by atoms with Crippen molar-refractivity contribution >= 4 is 23.2 Å². The fourth-order valence-electron chi connectivity index (χ4n) is 2.39. The van der Waals surface area contributed by atoms with Crippen LogP contribution >= 0.6 is 11.8 Å². The van der Waals surface area contributed by atoms with Gasteiger partial charge in [0.05, 0.1) is 11.4 Å². The number of fused-ring (bicyclic) bond motifs is 1. The zero-order valence-corrected chi connectivity index (χ0v) is 12.6. The molecule has 1 aromatic heterocycles. The van der Waals surface area contributed by atoms with E-state index in [-0.39, 0.29) is 16.6 Å². The highest BCUT2D eigenvalue weighted by molar-refractivity contribution is 8.00. The molecule has 21 heavy (non-hydrogen) atoms. The lowest BCUT2D eigenvalue weighted by Crippen LogP contribution is -2.17. The summed E-state index contributed by atoms with van der Waals surface area (Å²) >= 11 is 1.72. The van der Waals surface area contributed by atoms with E-state index in [1.54, 1.807) is 18.7 Å². The molecule has 4 nitrogen and oxygen atoms in total. The molecule has 0 aliphatic carbocycles. The maximum absolute atomic E-state index is 12.1. The van der Waals surface area contributed by atoms with Crippen LogP contribution in [0.1, 0.15) is 24.7 Å². The van der Waals surface area contributed by atoms with Crippen molar-refractivity contribution in [2.45, 2.75) is 30.4 Å². The van der Waals surface area contributed by atoms with Gasteiger partial charge in [-0.05, 0) is 19.1 Å². The van der Waals surface area contributed by atoms with Gasteiger partial charge in [0.1, 0.15) is 17.1 Å². The van der Waals surface area contributed by atoms with Crippen molar-refractivity contribution in [3.63, 3.8) is 0 Å². The molecule has 1 atom stereocenters. The van der Waals surface area contributed by atoms with E-state index in [0.29, 0.717) is 17.9 Å². The third-order valence-corrected chi connectivity index (χ3v) is 4.44. The monoisotopic (exact) mass is 301 g/mol.